The van der Waals surface area contributed by atoms with Crippen LogP contribution in [0.1, 0.15) is 41.2 Å². The van der Waals surface area contributed by atoms with Crippen LogP contribution in [0.2, 0.25) is 0 Å². The van der Waals surface area contributed by atoms with Crippen molar-refractivity contribution >= 4 is 17.3 Å². The molecular weight excluding hydrogens is 332 g/mol. The Morgan fingerprint density at radius 2 is 2.08 bits per heavy atom. The van der Waals surface area contributed by atoms with Crippen molar-refractivity contribution in [2.24, 2.45) is 4.99 Å². The number of hydrogen-bond donors (Lipinski definition) is 2. The van der Waals surface area contributed by atoms with Gasteiger partial charge >= 0.3 is 0 Å². The van der Waals surface area contributed by atoms with Crippen LogP contribution in [-0.2, 0) is 13.0 Å². The molecule has 0 atom stereocenters. The molecule has 0 unspecified atom stereocenters. The van der Waals surface area contributed by atoms with E-state index in [-0.39, 0.29) is 0 Å². The van der Waals surface area contributed by atoms with Gasteiger partial charge in [-0.1, -0.05) is 0 Å². The first kappa shape index (κ1) is 19.4. The van der Waals surface area contributed by atoms with Crippen molar-refractivity contribution in [3.05, 3.63) is 33.8 Å². The zero-order chi connectivity index (χ0) is 18.1. The van der Waals surface area contributed by atoms with Gasteiger partial charge in [-0.15, -0.1) is 11.3 Å². The summed E-state index contributed by atoms with van der Waals surface area (Å²) in [4.78, 5) is 14.8. The summed E-state index contributed by atoms with van der Waals surface area (Å²) in [6.07, 6.45) is 7.00. The van der Waals surface area contributed by atoms with E-state index in [9.17, 15) is 0 Å². The van der Waals surface area contributed by atoms with Gasteiger partial charge in [0.05, 0.1) is 10.7 Å². The van der Waals surface area contributed by atoms with Gasteiger partial charge in [0.1, 0.15) is 5.82 Å². The van der Waals surface area contributed by atoms with Gasteiger partial charge in [0.15, 0.2) is 5.96 Å². The van der Waals surface area contributed by atoms with Gasteiger partial charge in [0.25, 0.3) is 0 Å². The average Bonchev–Trinajstić information content (AvgIpc) is 3.12. The van der Waals surface area contributed by atoms with Crippen LogP contribution in [0.5, 0.6) is 0 Å². The van der Waals surface area contributed by atoms with E-state index in [1.54, 1.807) is 11.3 Å². The maximum Gasteiger partial charge on any atom is 0.191 e. The number of aryl methyl sites for hydroxylation is 4. The number of thiazole rings is 1. The molecule has 2 aromatic heterocycles. The summed E-state index contributed by atoms with van der Waals surface area (Å²) in [5.41, 5.74) is 1.15. The van der Waals surface area contributed by atoms with Crippen LogP contribution < -0.4 is 10.6 Å². The van der Waals surface area contributed by atoms with E-state index < -0.39 is 0 Å². The molecule has 2 rings (SSSR count). The van der Waals surface area contributed by atoms with E-state index in [1.165, 1.54) is 9.88 Å². The average molecular weight is 363 g/mol. The van der Waals surface area contributed by atoms with Gasteiger partial charge in [0.2, 0.25) is 0 Å². The van der Waals surface area contributed by atoms with Crippen LogP contribution in [0.25, 0.3) is 0 Å². The Balaban J connectivity index is 1.69. The fourth-order valence-corrected chi connectivity index (χ4v) is 3.43. The van der Waals surface area contributed by atoms with Gasteiger partial charge in [-0.3, -0.25) is 4.99 Å². The van der Waals surface area contributed by atoms with Crippen molar-refractivity contribution in [2.45, 2.75) is 53.5 Å². The normalized spacial score (nSPS) is 11.8. The van der Waals surface area contributed by atoms with Crippen LogP contribution in [0.4, 0.5) is 0 Å². The molecule has 0 bridgehead atoms. The van der Waals surface area contributed by atoms with Crippen molar-refractivity contribution in [1.29, 1.82) is 0 Å². The number of unbranched alkanes of at least 4 members (excludes halogenated alkanes) is 1. The number of guanidine groups is 1. The maximum atomic E-state index is 4.66. The molecule has 6 nitrogen and oxygen atoms in total. The lowest BCUT2D eigenvalue weighted by Gasteiger charge is -2.10. The van der Waals surface area contributed by atoms with Gasteiger partial charge in [-0.2, -0.15) is 0 Å². The first-order valence-electron chi connectivity index (χ1n) is 9.03. The molecule has 0 saturated heterocycles. The lowest BCUT2D eigenvalue weighted by molar-refractivity contribution is 0.600. The second-order valence-corrected chi connectivity index (χ2v) is 7.35. The molecule has 7 heteroatoms. The summed E-state index contributed by atoms with van der Waals surface area (Å²) in [6, 6.07) is 0. The molecular formula is C18H30N6S. The maximum absolute atomic E-state index is 4.66. The minimum Gasteiger partial charge on any atom is -0.357 e. The Hall–Kier alpha value is -1.89. The first-order chi connectivity index (χ1) is 12.1. The third-order valence-electron chi connectivity index (χ3n) is 4.05. The highest BCUT2D eigenvalue weighted by molar-refractivity contribution is 7.11. The number of aliphatic imine (C=N–C) groups is 1. The number of rotatable bonds is 9. The molecule has 0 aliphatic rings. The van der Waals surface area contributed by atoms with Crippen molar-refractivity contribution in [1.82, 2.24) is 25.2 Å². The summed E-state index contributed by atoms with van der Waals surface area (Å²) in [5.74, 6) is 1.97. The van der Waals surface area contributed by atoms with Crippen molar-refractivity contribution < 1.29 is 0 Å². The standard InChI is InChI=1S/C18H30N6S/c1-5-19-18(22-10-8-17-23-14(2)15(3)25-17)21-9-6-7-12-24-13-11-20-16(24)4/h11,13H,5-10,12H2,1-4H3,(H2,19,21,22). The van der Waals surface area contributed by atoms with E-state index in [0.717, 1.165) is 62.9 Å². The summed E-state index contributed by atoms with van der Waals surface area (Å²) >= 11 is 1.78. The van der Waals surface area contributed by atoms with Gasteiger partial charge in [-0.25, -0.2) is 9.97 Å². The second kappa shape index (κ2) is 10.2. The van der Waals surface area contributed by atoms with E-state index in [1.807, 2.05) is 19.3 Å². The SMILES string of the molecule is CCNC(=NCCCCn1ccnc1C)NCCc1nc(C)c(C)s1. The largest absolute Gasteiger partial charge is 0.357 e. The molecule has 0 spiro atoms. The lowest BCUT2D eigenvalue weighted by Crippen LogP contribution is -2.38. The van der Waals surface area contributed by atoms with Crippen molar-refractivity contribution in [2.75, 3.05) is 19.6 Å². The zero-order valence-electron chi connectivity index (χ0n) is 15.8. The monoisotopic (exact) mass is 362 g/mol. The van der Waals surface area contributed by atoms with E-state index in [2.05, 4.69) is 50.9 Å². The Morgan fingerprint density at radius 3 is 2.72 bits per heavy atom. The smallest absolute Gasteiger partial charge is 0.191 e. The highest BCUT2D eigenvalue weighted by Gasteiger charge is 2.04. The molecule has 2 aromatic rings. The summed E-state index contributed by atoms with van der Waals surface area (Å²) < 4.78 is 2.19. The van der Waals surface area contributed by atoms with Gasteiger partial charge in [0, 0.05) is 49.9 Å². The predicted octanol–water partition coefficient (Wildman–Crippen LogP) is 2.84. The molecule has 0 aliphatic heterocycles. The number of aromatic nitrogens is 3. The Bertz CT molecular complexity index is 653. The van der Waals surface area contributed by atoms with Crippen molar-refractivity contribution in [3.8, 4) is 0 Å². The zero-order valence-corrected chi connectivity index (χ0v) is 16.6. The molecule has 0 radical (unpaired) electrons. The second-order valence-electron chi connectivity index (χ2n) is 6.06. The third-order valence-corrected chi connectivity index (χ3v) is 5.18. The summed E-state index contributed by atoms with van der Waals surface area (Å²) in [5, 5.41) is 7.90. The molecule has 2 N–H and O–H groups in total. The van der Waals surface area contributed by atoms with Crippen LogP contribution >= 0.6 is 11.3 Å². The number of nitrogens with one attached hydrogen (secondary N) is 2. The van der Waals surface area contributed by atoms with E-state index in [4.69, 9.17) is 0 Å². The lowest BCUT2D eigenvalue weighted by atomic mass is 10.3. The fraction of sp³-hybridized carbons (Fsp3) is 0.611. The van der Waals surface area contributed by atoms with Crippen LogP contribution in [0, 0.1) is 20.8 Å². The Morgan fingerprint density at radius 1 is 1.24 bits per heavy atom. The number of imidazole rings is 1. The molecule has 0 fully saturated rings. The molecule has 0 saturated carbocycles. The van der Waals surface area contributed by atoms with Crippen LogP contribution in [0.3, 0.4) is 0 Å². The predicted molar refractivity (Wildman–Crippen MR) is 105 cm³/mol. The molecule has 25 heavy (non-hydrogen) atoms. The Kier molecular flexibility index (Phi) is 7.91. The highest BCUT2D eigenvalue weighted by Crippen LogP contribution is 2.16. The van der Waals surface area contributed by atoms with E-state index in [0.29, 0.717) is 0 Å². The van der Waals surface area contributed by atoms with Gasteiger partial charge in [-0.05, 0) is 40.5 Å². The minimum absolute atomic E-state index is 0.832. The van der Waals surface area contributed by atoms with Gasteiger partial charge < -0.3 is 15.2 Å². The number of hydrogen-bond acceptors (Lipinski definition) is 4. The van der Waals surface area contributed by atoms with Crippen LogP contribution in [-0.4, -0.2) is 40.1 Å². The van der Waals surface area contributed by atoms with E-state index >= 15 is 0 Å². The topological polar surface area (TPSA) is 67.1 Å². The highest BCUT2D eigenvalue weighted by atomic mass is 32.1. The molecule has 138 valence electrons. The summed E-state index contributed by atoms with van der Waals surface area (Å²) in [6.45, 7) is 11.9. The minimum atomic E-state index is 0.832. The molecule has 0 amide bonds. The molecule has 0 aromatic carbocycles. The molecule has 0 aliphatic carbocycles. The first-order valence-corrected chi connectivity index (χ1v) is 9.84. The molecule has 2 heterocycles. The Labute approximate surface area is 154 Å². The third kappa shape index (κ3) is 6.49. The summed E-state index contributed by atoms with van der Waals surface area (Å²) in [7, 11) is 0. The number of nitrogens with zero attached hydrogens (tertiary/aromatic N) is 4. The van der Waals surface area contributed by atoms with Crippen LogP contribution in [0.15, 0.2) is 17.4 Å². The van der Waals surface area contributed by atoms with Crippen molar-refractivity contribution in [3.63, 3.8) is 0 Å². The fourth-order valence-electron chi connectivity index (χ4n) is 2.50. The quantitative estimate of drug-likeness (QED) is 0.409.